The first-order valence-corrected chi connectivity index (χ1v) is 8.82. The lowest BCUT2D eigenvalue weighted by molar-refractivity contribution is 0.383. The van der Waals surface area contributed by atoms with Crippen LogP contribution in [0.2, 0.25) is 0 Å². The van der Waals surface area contributed by atoms with E-state index >= 15 is 0 Å². The monoisotopic (exact) mass is 314 g/mol. The molecule has 0 saturated carbocycles. The van der Waals surface area contributed by atoms with E-state index in [1.165, 1.54) is 4.31 Å². The highest BCUT2D eigenvalue weighted by Gasteiger charge is 2.26. The van der Waals surface area contributed by atoms with E-state index < -0.39 is 10.0 Å². The molecule has 21 heavy (non-hydrogen) atoms. The average molecular weight is 314 g/mol. The van der Waals surface area contributed by atoms with E-state index in [1.54, 1.807) is 6.92 Å². The predicted octanol–water partition coefficient (Wildman–Crippen LogP) is 0.112. The van der Waals surface area contributed by atoms with Crippen LogP contribution in [0.15, 0.2) is 4.79 Å². The van der Waals surface area contributed by atoms with Crippen LogP contribution in [0.1, 0.15) is 25.1 Å². The van der Waals surface area contributed by atoms with Crippen LogP contribution in [0.3, 0.4) is 0 Å². The van der Waals surface area contributed by atoms with Gasteiger partial charge in [0.1, 0.15) is 0 Å². The van der Waals surface area contributed by atoms with Crippen molar-refractivity contribution in [2.45, 2.75) is 27.2 Å². The second kappa shape index (κ2) is 6.15. The first-order valence-electron chi connectivity index (χ1n) is 7.21. The maximum atomic E-state index is 12.0. The third-order valence-electron chi connectivity index (χ3n) is 3.86. The van der Waals surface area contributed by atoms with Crippen LogP contribution in [-0.2, 0) is 16.4 Å². The number of aromatic amines is 1. The Labute approximate surface area is 125 Å². The van der Waals surface area contributed by atoms with Crippen LogP contribution in [0.25, 0.3) is 0 Å². The average Bonchev–Trinajstić information content (AvgIpc) is 2.47. The Morgan fingerprint density at radius 2 is 1.81 bits per heavy atom. The maximum absolute atomic E-state index is 12.0. The van der Waals surface area contributed by atoms with Crippen molar-refractivity contribution in [2.24, 2.45) is 0 Å². The Morgan fingerprint density at radius 3 is 2.29 bits per heavy atom. The summed E-state index contributed by atoms with van der Waals surface area (Å²) in [6.45, 7) is 7.32. The minimum absolute atomic E-state index is 0.108. The fourth-order valence-corrected chi connectivity index (χ4v) is 3.61. The Morgan fingerprint density at radius 1 is 1.19 bits per heavy atom. The van der Waals surface area contributed by atoms with Crippen LogP contribution in [-0.4, -0.2) is 54.6 Å². The topological polar surface area (TPSA) is 86.4 Å². The molecule has 0 aliphatic carbocycles. The van der Waals surface area contributed by atoms with Crippen molar-refractivity contribution in [3.05, 3.63) is 21.6 Å². The molecule has 1 aliphatic rings. The highest BCUT2D eigenvalue weighted by molar-refractivity contribution is 7.89. The van der Waals surface area contributed by atoms with E-state index in [4.69, 9.17) is 0 Å². The fourth-order valence-electron chi connectivity index (χ4n) is 2.52. The Hall–Kier alpha value is -1.41. The van der Waals surface area contributed by atoms with Crippen LogP contribution >= 0.6 is 0 Å². The van der Waals surface area contributed by atoms with Crippen LogP contribution in [0.5, 0.6) is 0 Å². The van der Waals surface area contributed by atoms with E-state index in [1.807, 2.05) is 18.7 Å². The molecule has 0 radical (unpaired) electrons. The number of aromatic nitrogens is 2. The molecule has 2 heterocycles. The highest BCUT2D eigenvalue weighted by atomic mass is 32.2. The molecule has 0 spiro atoms. The molecule has 0 amide bonds. The molecule has 7 nitrogen and oxygen atoms in total. The molecule has 0 atom stereocenters. The molecule has 0 aromatic carbocycles. The summed E-state index contributed by atoms with van der Waals surface area (Å²) < 4.78 is 25.1. The lowest BCUT2D eigenvalue weighted by Gasteiger charge is -2.34. The number of hydrogen-bond acceptors (Lipinski definition) is 5. The fraction of sp³-hybridized carbons (Fsp3) is 0.692. The number of anilines is 1. The molecule has 118 valence electrons. The Balaban J connectivity index is 2.15. The summed E-state index contributed by atoms with van der Waals surface area (Å²) in [7, 11) is -3.14. The molecule has 1 aliphatic heterocycles. The maximum Gasteiger partial charge on any atom is 0.255 e. The summed E-state index contributed by atoms with van der Waals surface area (Å²) in [5, 5.41) is 0. The number of rotatable bonds is 4. The summed E-state index contributed by atoms with van der Waals surface area (Å²) in [5.74, 6) is 0.648. The first kappa shape index (κ1) is 16.0. The molecule has 1 aromatic rings. The summed E-state index contributed by atoms with van der Waals surface area (Å²) in [6.07, 6.45) is 0.650. The van der Waals surface area contributed by atoms with Crippen molar-refractivity contribution in [1.29, 1.82) is 0 Å². The minimum atomic E-state index is -3.14. The van der Waals surface area contributed by atoms with Gasteiger partial charge in [-0.1, -0.05) is 6.92 Å². The second-order valence-electron chi connectivity index (χ2n) is 5.09. The van der Waals surface area contributed by atoms with Gasteiger partial charge in [-0.05, 0) is 20.3 Å². The molecule has 1 fully saturated rings. The van der Waals surface area contributed by atoms with Gasteiger partial charge in [0.15, 0.2) is 0 Å². The number of aryl methyl sites for hydroxylation is 1. The molecule has 2 rings (SSSR count). The van der Waals surface area contributed by atoms with E-state index in [-0.39, 0.29) is 11.3 Å². The summed E-state index contributed by atoms with van der Waals surface area (Å²) in [6, 6.07) is 0. The smallest absolute Gasteiger partial charge is 0.255 e. The molecular weight excluding hydrogens is 292 g/mol. The van der Waals surface area contributed by atoms with Gasteiger partial charge < -0.3 is 4.90 Å². The Kier molecular flexibility index (Phi) is 4.67. The number of hydrogen-bond donors (Lipinski definition) is 1. The quantitative estimate of drug-likeness (QED) is 0.852. The lowest BCUT2D eigenvalue weighted by atomic mass is 10.2. The van der Waals surface area contributed by atoms with Crippen molar-refractivity contribution in [1.82, 2.24) is 14.3 Å². The molecule has 0 unspecified atom stereocenters. The van der Waals surface area contributed by atoms with Gasteiger partial charge in [0, 0.05) is 37.4 Å². The first-order chi connectivity index (χ1) is 9.89. The third kappa shape index (κ3) is 3.26. The van der Waals surface area contributed by atoms with Crippen molar-refractivity contribution in [3.63, 3.8) is 0 Å². The van der Waals surface area contributed by atoms with Gasteiger partial charge in [-0.2, -0.15) is 4.31 Å². The van der Waals surface area contributed by atoms with Gasteiger partial charge in [0.05, 0.1) is 5.75 Å². The van der Waals surface area contributed by atoms with E-state index in [2.05, 4.69) is 9.97 Å². The predicted molar refractivity (Wildman–Crippen MR) is 82.2 cm³/mol. The highest BCUT2D eigenvalue weighted by Crippen LogP contribution is 2.14. The largest absolute Gasteiger partial charge is 0.340 e. The van der Waals surface area contributed by atoms with Crippen molar-refractivity contribution in [2.75, 3.05) is 36.8 Å². The van der Waals surface area contributed by atoms with Crippen LogP contribution in [0.4, 0.5) is 5.95 Å². The molecule has 8 heteroatoms. The zero-order chi connectivity index (χ0) is 15.6. The van der Waals surface area contributed by atoms with E-state index in [0.717, 1.165) is 5.69 Å². The van der Waals surface area contributed by atoms with E-state index in [0.29, 0.717) is 44.1 Å². The SMILES string of the molecule is CCc1c(C)nc(N2CCN(S(=O)(=O)CC)CC2)[nH]c1=O. The van der Waals surface area contributed by atoms with Gasteiger partial charge in [0.25, 0.3) is 5.56 Å². The number of H-pyrrole nitrogens is 1. The zero-order valence-electron chi connectivity index (χ0n) is 12.7. The minimum Gasteiger partial charge on any atom is -0.340 e. The molecule has 1 N–H and O–H groups in total. The standard InChI is InChI=1S/C13H22N4O3S/c1-4-11-10(3)14-13(15-12(11)18)16-6-8-17(9-7-16)21(19,20)5-2/h4-9H2,1-3H3,(H,14,15,18). The Bertz CT molecular complexity index is 660. The molecule has 1 saturated heterocycles. The number of sulfonamides is 1. The number of nitrogens with one attached hydrogen (secondary N) is 1. The second-order valence-corrected chi connectivity index (χ2v) is 7.35. The van der Waals surface area contributed by atoms with Gasteiger partial charge in [0.2, 0.25) is 16.0 Å². The molecule has 1 aromatic heterocycles. The summed E-state index contributed by atoms with van der Waals surface area (Å²) in [4.78, 5) is 21.1. The zero-order valence-corrected chi connectivity index (χ0v) is 13.5. The van der Waals surface area contributed by atoms with Crippen LogP contribution in [0, 0.1) is 6.92 Å². The molecular formula is C13H22N4O3S. The summed E-state index contributed by atoms with van der Waals surface area (Å²) in [5.41, 5.74) is 1.33. The molecule has 0 bridgehead atoms. The lowest BCUT2D eigenvalue weighted by Crippen LogP contribution is -2.50. The normalized spacial score (nSPS) is 17.2. The van der Waals surface area contributed by atoms with Crippen molar-refractivity contribution in [3.8, 4) is 0 Å². The van der Waals surface area contributed by atoms with Crippen LogP contribution < -0.4 is 10.5 Å². The third-order valence-corrected chi connectivity index (χ3v) is 5.74. The number of nitrogens with zero attached hydrogens (tertiary/aromatic N) is 3. The summed E-state index contributed by atoms with van der Waals surface area (Å²) >= 11 is 0. The number of piperazine rings is 1. The van der Waals surface area contributed by atoms with E-state index in [9.17, 15) is 13.2 Å². The van der Waals surface area contributed by atoms with Gasteiger partial charge in [-0.25, -0.2) is 13.4 Å². The van der Waals surface area contributed by atoms with Crippen molar-refractivity contribution < 1.29 is 8.42 Å². The van der Waals surface area contributed by atoms with Gasteiger partial charge in [-0.3, -0.25) is 9.78 Å². The van der Waals surface area contributed by atoms with Gasteiger partial charge in [-0.15, -0.1) is 0 Å². The van der Waals surface area contributed by atoms with Gasteiger partial charge >= 0.3 is 0 Å². The van der Waals surface area contributed by atoms with Crippen molar-refractivity contribution >= 4 is 16.0 Å².